The van der Waals surface area contributed by atoms with Crippen molar-refractivity contribution in [2.45, 2.75) is 27.2 Å². The molecule has 1 N–H and O–H groups in total. The summed E-state index contributed by atoms with van der Waals surface area (Å²) in [5.74, 6) is 0. The zero-order chi connectivity index (χ0) is 13.8. The van der Waals surface area contributed by atoms with Gasteiger partial charge in [0.2, 0.25) is 0 Å². The van der Waals surface area contributed by atoms with E-state index in [9.17, 15) is 0 Å². The predicted molar refractivity (Wildman–Crippen MR) is 85.7 cm³/mol. The van der Waals surface area contributed by atoms with Crippen LogP contribution in [0, 0.1) is 0 Å². The summed E-state index contributed by atoms with van der Waals surface area (Å²) in [6.07, 6.45) is 0.944. The number of nitrogens with one attached hydrogen (secondary N) is 1. The Hall–Kier alpha value is -1.14. The first-order valence-electron chi connectivity index (χ1n) is 6.61. The van der Waals surface area contributed by atoms with Crippen molar-refractivity contribution in [3.8, 4) is 10.6 Å². The molecule has 2 aromatic rings. The molecule has 0 radical (unpaired) electrons. The topological polar surface area (TPSA) is 41.1 Å². The molecule has 2 aromatic heterocycles. The average molecular weight is 296 g/mol. The summed E-state index contributed by atoms with van der Waals surface area (Å²) in [6, 6.07) is 0. The molecule has 19 heavy (non-hydrogen) atoms. The third-order valence-corrected chi connectivity index (χ3v) is 5.05. The summed E-state index contributed by atoms with van der Waals surface area (Å²) in [4.78, 5) is 12.9. The minimum atomic E-state index is 0.944. The Labute approximate surface area is 122 Å². The van der Waals surface area contributed by atoms with Crippen molar-refractivity contribution in [3.63, 3.8) is 0 Å². The summed E-state index contributed by atoms with van der Waals surface area (Å²) in [5, 5.41) is 7.25. The molecule has 0 aliphatic heterocycles. The van der Waals surface area contributed by atoms with Crippen LogP contribution in [0.4, 0.5) is 10.3 Å². The molecular weight excluding hydrogens is 276 g/mol. The third-order valence-electron chi connectivity index (χ3n) is 3.01. The van der Waals surface area contributed by atoms with E-state index in [-0.39, 0.29) is 0 Å². The van der Waals surface area contributed by atoms with Crippen LogP contribution in [0.5, 0.6) is 0 Å². The highest BCUT2D eigenvalue weighted by Gasteiger charge is 2.16. The summed E-state index contributed by atoms with van der Waals surface area (Å²) in [7, 11) is 1.90. The second-order valence-corrected chi connectivity index (χ2v) is 5.92. The molecule has 4 nitrogen and oxygen atoms in total. The van der Waals surface area contributed by atoms with Crippen LogP contribution in [0.15, 0.2) is 5.38 Å². The molecule has 0 aliphatic carbocycles. The van der Waals surface area contributed by atoms with E-state index in [1.54, 1.807) is 22.7 Å². The molecule has 0 atom stereocenters. The molecule has 0 saturated carbocycles. The molecule has 104 valence electrons. The first-order chi connectivity index (χ1) is 9.23. The molecule has 6 heteroatoms. The molecule has 2 heterocycles. The van der Waals surface area contributed by atoms with Crippen molar-refractivity contribution < 1.29 is 0 Å². The average Bonchev–Trinajstić information content (AvgIpc) is 3.06. The van der Waals surface area contributed by atoms with Crippen LogP contribution in [-0.4, -0.2) is 30.1 Å². The Balaban J connectivity index is 2.39. The first-order valence-corrected chi connectivity index (χ1v) is 8.31. The smallest absolute Gasteiger partial charge is 0.186 e. The van der Waals surface area contributed by atoms with Gasteiger partial charge >= 0.3 is 0 Å². The SMILES string of the molecule is CCc1nc(N(CC)CC)sc1-c1csc(NC)n1. The maximum atomic E-state index is 4.77. The number of aryl methyl sites for hydroxylation is 1. The molecule has 0 amide bonds. The quantitative estimate of drug-likeness (QED) is 0.882. The van der Waals surface area contributed by atoms with E-state index < -0.39 is 0 Å². The Morgan fingerprint density at radius 3 is 2.47 bits per heavy atom. The molecule has 0 saturated heterocycles. The van der Waals surface area contributed by atoms with Crippen molar-refractivity contribution in [2.24, 2.45) is 0 Å². The fourth-order valence-electron chi connectivity index (χ4n) is 1.90. The van der Waals surface area contributed by atoms with Gasteiger partial charge in [0.25, 0.3) is 0 Å². The minimum Gasteiger partial charge on any atom is -0.365 e. The highest BCUT2D eigenvalue weighted by Crippen LogP contribution is 2.36. The van der Waals surface area contributed by atoms with Gasteiger partial charge in [-0.25, -0.2) is 9.97 Å². The lowest BCUT2D eigenvalue weighted by Gasteiger charge is -2.16. The van der Waals surface area contributed by atoms with Gasteiger partial charge < -0.3 is 10.2 Å². The van der Waals surface area contributed by atoms with Gasteiger partial charge in [-0.05, 0) is 20.3 Å². The molecule has 0 bridgehead atoms. The zero-order valence-corrected chi connectivity index (χ0v) is 13.5. The van der Waals surface area contributed by atoms with Crippen LogP contribution in [0.2, 0.25) is 0 Å². The monoisotopic (exact) mass is 296 g/mol. The summed E-state index contributed by atoms with van der Waals surface area (Å²) < 4.78 is 0. The van der Waals surface area contributed by atoms with E-state index in [0.717, 1.165) is 41.2 Å². The Kier molecular flexibility index (Phi) is 4.76. The van der Waals surface area contributed by atoms with Gasteiger partial charge in [-0.2, -0.15) is 0 Å². The second kappa shape index (κ2) is 6.34. The summed E-state index contributed by atoms with van der Waals surface area (Å²) in [6.45, 7) is 8.46. The Bertz CT molecular complexity index is 528. The largest absolute Gasteiger partial charge is 0.365 e. The van der Waals surface area contributed by atoms with Crippen LogP contribution >= 0.6 is 22.7 Å². The van der Waals surface area contributed by atoms with Gasteiger partial charge in [0.05, 0.1) is 16.3 Å². The number of thiazole rings is 2. The Morgan fingerprint density at radius 2 is 1.95 bits per heavy atom. The third kappa shape index (κ3) is 2.90. The zero-order valence-electron chi connectivity index (χ0n) is 11.9. The van der Waals surface area contributed by atoms with Crippen molar-refractivity contribution in [1.29, 1.82) is 0 Å². The summed E-state index contributed by atoms with van der Waals surface area (Å²) >= 11 is 3.39. The predicted octanol–water partition coefficient (Wildman–Crippen LogP) is 3.72. The molecule has 2 rings (SSSR count). The van der Waals surface area contributed by atoms with E-state index in [1.165, 1.54) is 4.88 Å². The highest BCUT2D eigenvalue weighted by molar-refractivity contribution is 7.19. The fourth-order valence-corrected chi connectivity index (χ4v) is 3.88. The van der Waals surface area contributed by atoms with Gasteiger partial charge in [-0.3, -0.25) is 0 Å². The molecular formula is C13H20N4S2. The number of hydrogen-bond donors (Lipinski definition) is 1. The Morgan fingerprint density at radius 1 is 1.21 bits per heavy atom. The molecule has 0 aliphatic rings. The van der Waals surface area contributed by atoms with E-state index in [0.29, 0.717) is 0 Å². The lowest BCUT2D eigenvalue weighted by molar-refractivity contribution is 0.854. The molecule has 0 fully saturated rings. The maximum Gasteiger partial charge on any atom is 0.186 e. The highest BCUT2D eigenvalue weighted by atomic mass is 32.1. The van der Waals surface area contributed by atoms with E-state index in [4.69, 9.17) is 4.98 Å². The fraction of sp³-hybridized carbons (Fsp3) is 0.538. The lowest BCUT2D eigenvalue weighted by Crippen LogP contribution is -2.21. The molecule has 0 aromatic carbocycles. The maximum absolute atomic E-state index is 4.77. The van der Waals surface area contributed by atoms with E-state index in [2.05, 4.69) is 41.4 Å². The van der Waals surface area contributed by atoms with Gasteiger partial charge in [-0.1, -0.05) is 18.3 Å². The number of rotatable bonds is 6. The van der Waals surface area contributed by atoms with Crippen LogP contribution in [0.1, 0.15) is 26.5 Å². The number of aromatic nitrogens is 2. The van der Waals surface area contributed by atoms with Crippen LogP contribution in [-0.2, 0) is 6.42 Å². The van der Waals surface area contributed by atoms with Crippen LogP contribution in [0.25, 0.3) is 10.6 Å². The normalized spacial score (nSPS) is 10.7. The van der Waals surface area contributed by atoms with Crippen molar-refractivity contribution in [1.82, 2.24) is 9.97 Å². The first kappa shape index (κ1) is 14.3. The standard InChI is InChI=1S/C13H20N4S2/c1-5-9-11(10-8-18-12(14-4)15-10)19-13(16-9)17(6-2)7-3/h8H,5-7H2,1-4H3,(H,14,15). The number of hydrogen-bond acceptors (Lipinski definition) is 6. The molecule has 0 spiro atoms. The van der Waals surface area contributed by atoms with Gasteiger partial charge in [0.1, 0.15) is 0 Å². The summed E-state index contributed by atoms with van der Waals surface area (Å²) in [5.41, 5.74) is 2.20. The van der Waals surface area contributed by atoms with Crippen molar-refractivity contribution in [3.05, 3.63) is 11.1 Å². The minimum absolute atomic E-state index is 0.944. The van der Waals surface area contributed by atoms with Crippen LogP contribution < -0.4 is 10.2 Å². The number of anilines is 2. The van der Waals surface area contributed by atoms with Gasteiger partial charge in [0.15, 0.2) is 10.3 Å². The van der Waals surface area contributed by atoms with Crippen LogP contribution in [0.3, 0.4) is 0 Å². The lowest BCUT2D eigenvalue weighted by atomic mass is 10.2. The second-order valence-electron chi connectivity index (χ2n) is 4.09. The van der Waals surface area contributed by atoms with Crippen molar-refractivity contribution in [2.75, 3.05) is 30.4 Å². The van der Waals surface area contributed by atoms with E-state index in [1.807, 2.05) is 7.05 Å². The number of nitrogens with zero attached hydrogens (tertiary/aromatic N) is 3. The van der Waals surface area contributed by atoms with Gasteiger partial charge in [0, 0.05) is 25.5 Å². The molecule has 0 unspecified atom stereocenters. The van der Waals surface area contributed by atoms with Gasteiger partial charge in [-0.15, -0.1) is 11.3 Å². The van der Waals surface area contributed by atoms with E-state index >= 15 is 0 Å². The van der Waals surface area contributed by atoms with Crippen molar-refractivity contribution >= 4 is 32.9 Å².